The van der Waals surface area contributed by atoms with Gasteiger partial charge in [0.05, 0.1) is 17.1 Å². The molecule has 0 saturated heterocycles. The predicted molar refractivity (Wildman–Crippen MR) is 90.3 cm³/mol. The summed E-state index contributed by atoms with van der Waals surface area (Å²) in [6, 6.07) is 8.26. The normalized spacial score (nSPS) is 10.8. The van der Waals surface area contributed by atoms with E-state index >= 15 is 0 Å². The van der Waals surface area contributed by atoms with Crippen molar-refractivity contribution in [2.24, 2.45) is 0 Å². The van der Waals surface area contributed by atoms with E-state index in [4.69, 9.17) is 23.2 Å². The molecule has 1 heterocycles. The van der Waals surface area contributed by atoms with E-state index in [0.29, 0.717) is 27.7 Å². The monoisotopic (exact) mass is 351 g/mol. The van der Waals surface area contributed by atoms with Crippen molar-refractivity contribution in [2.75, 3.05) is 20.6 Å². The van der Waals surface area contributed by atoms with E-state index in [1.54, 1.807) is 46.1 Å². The Morgan fingerprint density at radius 2 is 1.87 bits per heavy atom. The fraction of sp³-hybridized carbons (Fsp3) is 0.235. The van der Waals surface area contributed by atoms with Crippen LogP contribution in [0.25, 0.3) is 0 Å². The van der Waals surface area contributed by atoms with Gasteiger partial charge in [0, 0.05) is 16.7 Å². The number of hydrogen-bond acceptors (Lipinski definition) is 3. The Morgan fingerprint density at radius 1 is 1.13 bits per heavy atom. The Balaban J connectivity index is 2.17. The smallest absolute Gasteiger partial charge is 0.229 e. The minimum absolute atomic E-state index is 0.00123. The molecule has 120 valence electrons. The molecule has 0 unspecified atom stereocenters. The van der Waals surface area contributed by atoms with Gasteiger partial charge in [-0.3, -0.25) is 9.59 Å². The van der Waals surface area contributed by atoms with Gasteiger partial charge in [0.1, 0.15) is 0 Å². The lowest BCUT2D eigenvalue weighted by Crippen LogP contribution is -2.38. The van der Waals surface area contributed by atoms with Crippen LogP contribution >= 0.6 is 23.2 Å². The molecule has 2 rings (SSSR count). The van der Waals surface area contributed by atoms with Crippen molar-refractivity contribution in [3.05, 3.63) is 63.9 Å². The van der Waals surface area contributed by atoms with Gasteiger partial charge in [-0.1, -0.05) is 23.2 Å². The Morgan fingerprint density at radius 3 is 2.52 bits per heavy atom. The molecule has 0 fully saturated rings. The van der Waals surface area contributed by atoms with Crippen molar-refractivity contribution in [1.82, 2.24) is 4.90 Å². The average Bonchev–Trinajstić information content (AvgIpc) is 2.46. The van der Waals surface area contributed by atoms with Crippen LogP contribution in [0.15, 0.2) is 42.7 Å². The SMILES string of the molecule is CN(C)CC(=O)c1ccc[n+](CC(=O)c2ccc(Cl)cc2Cl)c1. The third-order valence-corrected chi connectivity index (χ3v) is 3.75. The molecule has 2 aromatic rings. The molecule has 0 radical (unpaired) electrons. The predicted octanol–water partition coefficient (Wildman–Crippen LogP) is 2.91. The summed E-state index contributed by atoms with van der Waals surface area (Å²) in [5.41, 5.74) is 0.977. The van der Waals surface area contributed by atoms with Gasteiger partial charge in [0.15, 0.2) is 18.2 Å². The second-order valence-corrected chi connectivity index (χ2v) is 6.32. The Hall–Kier alpha value is -1.75. The number of ketones is 2. The summed E-state index contributed by atoms with van der Waals surface area (Å²) in [6.07, 6.45) is 3.42. The highest BCUT2D eigenvalue weighted by atomic mass is 35.5. The largest absolute Gasteiger partial charge is 0.302 e. The molecule has 0 aliphatic carbocycles. The first-order valence-electron chi connectivity index (χ1n) is 7.02. The molecular weight excluding hydrogens is 335 g/mol. The highest BCUT2D eigenvalue weighted by molar-refractivity contribution is 6.36. The van der Waals surface area contributed by atoms with Crippen molar-refractivity contribution >= 4 is 34.8 Å². The molecule has 0 spiro atoms. The number of rotatable bonds is 6. The number of benzene rings is 1. The fourth-order valence-electron chi connectivity index (χ4n) is 2.13. The molecular formula is C17H17Cl2N2O2+. The summed E-state index contributed by atoms with van der Waals surface area (Å²) < 4.78 is 1.68. The molecule has 1 aromatic carbocycles. The third-order valence-electron chi connectivity index (χ3n) is 3.20. The molecule has 0 N–H and O–H groups in total. The van der Waals surface area contributed by atoms with Gasteiger partial charge in [-0.25, -0.2) is 0 Å². The number of aromatic nitrogens is 1. The first kappa shape index (κ1) is 17.6. The van der Waals surface area contributed by atoms with Crippen LogP contribution in [0.2, 0.25) is 10.0 Å². The van der Waals surface area contributed by atoms with Gasteiger partial charge in [-0.05, 0) is 38.4 Å². The van der Waals surface area contributed by atoms with E-state index in [2.05, 4.69) is 0 Å². The standard InChI is InChI=1S/C17H17Cl2N2O2/c1-20(2)10-16(22)12-4-3-7-21(9-12)11-17(23)14-6-5-13(18)8-15(14)19/h3-9H,10-11H2,1-2H3/q+1. The third kappa shape index (κ3) is 4.86. The highest BCUT2D eigenvalue weighted by Gasteiger charge is 2.17. The van der Waals surface area contributed by atoms with E-state index < -0.39 is 0 Å². The fourth-order valence-corrected chi connectivity index (χ4v) is 2.64. The van der Waals surface area contributed by atoms with Gasteiger partial charge in [0.25, 0.3) is 0 Å². The topological polar surface area (TPSA) is 41.3 Å². The van der Waals surface area contributed by atoms with Crippen LogP contribution in [0.5, 0.6) is 0 Å². The quantitative estimate of drug-likeness (QED) is 0.593. The number of pyridine rings is 1. The number of Topliss-reactive ketones (excluding diaryl/α,β-unsaturated/α-hetero) is 2. The number of hydrogen-bond donors (Lipinski definition) is 0. The average molecular weight is 352 g/mol. The number of nitrogens with zero attached hydrogens (tertiary/aromatic N) is 2. The van der Waals surface area contributed by atoms with E-state index in [0.717, 1.165) is 0 Å². The van der Waals surface area contributed by atoms with Crippen molar-refractivity contribution in [3.63, 3.8) is 0 Å². The number of carbonyl (C=O) groups excluding carboxylic acids is 2. The molecule has 0 saturated carbocycles. The van der Waals surface area contributed by atoms with E-state index in [9.17, 15) is 9.59 Å². The molecule has 4 nitrogen and oxygen atoms in total. The summed E-state index contributed by atoms with van der Waals surface area (Å²) in [7, 11) is 3.67. The second-order valence-electron chi connectivity index (χ2n) is 5.47. The van der Waals surface area contributed by atoms with E-state index in [1.807, 2.05) is 14.1 Å². The maximum Gasteiger partial charge on any atom is 0.229 e. The van der Waals surface area contributed by atoms with Crippen LogP contribution in [-0.4, -0.2) is 37.1 Å². The van der Waals surface area contributed by atoms with Crippen molar-refractivity contribution in [1.29, 1.82) is 0 Å². The van der Waals surface area contributed by atoms with Crippen LogP contribution < -0.4 is 4.57 Å². The minimum atomic E-state index is -0.145. The van der Waals surface area contributed by atoms with E-state index in [-0.39, 0.29) is 18.1 Å². The summed E-state index contributed by atoms with van der Waals surface area (Å²) in [5.74, 6) is -0.143. The van der Waals surface area contributed by atoms with Crippen LogP contribution in [0, 0.1) is 0 Å². The van der Waals surface area contributed by atoms with Gasteiger partial charge >= 0.3 is 0 Å². The van der Waals surface area contributed by atoms with Crippen LogP contribution in [-0.2, 0) is 6.54 Å². The van der Waals surface area contributed by atoms with Gasteiger partial charge < -0.3 is 4.90 Å². The summed E-state index contributed by atoms with van der Waals surface area (Å²) in [4.78, 5) is 26.2. The molecule has 0 atom stereocenters. The number of halogens is 2. The first-order chi connectivity index (χ1) is 10.9. The molecule has 0 aliphatic heterocycles. The lowest BCUT2D eigenvalue weighted by atomic mass is 10.1. The first-order valence-corrected chi connectivity index (χ1v) is 7.77. The maximum atomic E-state index is 12.4. The number of likely N-dealkylation sites (N-methyl/N-ethyl adjacent to an activating group) is 1. The zero-order valence-corrected chi connectivity index (χ0v) is 14.4. The number of carbonyl (C=O) groups is 2. The van der Waals surface area contributed by atoms with Crippen LogP contribution in [0.4, 0.5) is 0 Å². The summed E-state index contributed by atoms with van der Waals surface area (Å²) >= 11 is 11.9. The molecule has 0 amide bonds. The Bertz CT molecular complexity index is 745. The molecule has 6 heteroatoms. The van der Waals surface area contributed by atoms with Gasteiger partial charge in [-0.15, -0.1) is 0 Å². The Labute approximate surface area is 145 Å². The lowest BCUT2D eigenvalue weighted by molar-refractivity contribution is -0.683. The van der Waals surface area contributed by atoms with Crippen molar-refractivity contribution in [3.8, 4) is 0 Å². The summed E-state index contributed by atoms with van der Waals surface area (Å²) in [6.45, 7) is 0.422. The lowest BCUT2D eigenvalue weighted by Gasteiger charge is -2.07. The summed E-state index contributed by atoms with van der Waals surface area (Å²) in [5, 5.41) is 0.804. The van der Waals surface area contributed by atoms with E-state index in [1.165, 1.54) is 6.07 Å². The zero-order chi connectivity index (χ0) is 17.0. The minimum Gasteiger partial charge on any atom is -0.302 e. The molecule has 0 bridgehead atoms. The van der Waals surface area contributed by atoms with Crippen molar-refractivity contribution < 1.29 is 14.2 Å². The van der Waals surface area contributed by atoms with Crippen LogP contribution in [0.3, 0.4) is 0 Å². The molecule has 1 aromatic heterocycles. The molecule has 0 aliphatic rings. The van der Waals surface area contributed by atoms with Gasteiger partial charge in [0.2, 0.25) is 12.3 Å². The molecule has 23 heavy (non-hydrogen) atoms. The second kappa shape index (κ2) is 7.68. The van der Waals surface area contributed by atoms with Gasteiger partial charge in [-0.2, -0.15) is 4.57 Å². The zero-order valence-electron chi connectivity index (χ0n) is 12.9. The highest BCUT2D eigenvalue weighted by Crippen LogP contribution is 2.21. The van der Waals surface area contributed by atoms with Crippen molar-refractivity contribution in [2.45, 2.75) is 6.54 Å². The maximum absolute atomic E-state index is 12.4. The van der Waals surface area contributed by atoms with Crippen LogP contribution in [0.1, 0.15) is 20.7 Å². The Kier molecular flexibility index (Phi) is 5.88.